The number of hydrogen-bond acceptors (Lipinski definition) is 4. The second-order valence-electron chi connectivity index (χ2n) is 6.68. The standard InChI is InChI=1S/C19H22BrN3O/c1-12-8-17(15(9-16(12)20)13-4-5-13)21-19-7-6-14(10-23(2)3)18(11-24)22-19/h6-9,11,13H,4-5,10H2,1-3H3,(H,21,22). The van der Waals surface area contributed by atoms with Crippen LogP contribution in [0.3, 0.4) is 0 Å². The van der Waals surface area contributed by atoms with Crippen LogP contribution >= 0.6 is 15.9 Å². The predicted molar refractivity (Wildman–Crippen MR) is 101 cm³/mol. The third-order valence-corrected chi connectivity index (χ3v) is 5.08. The Bertz CT molecular complexity index is 769. The maximum atomic E-state index is 11.4. The van der Waals surface area contributed by atoms with Gasteiger partial charge in [0.1, 0.15) is 11.5 Å². The number of nitrogens with zero attached hydrogens (tertiary/aromatic N) is 2. The van der Waals surface area contributed by atoms with Crippen molar-refractivity contribution in [1.82, 2.24) is 9.88 Å². The van der Waals surface area contributed by atoms with Crippen LogP contribution < -0.4 is 5.32 Å². The fraction of sp³-hybridized carbons (Fsp3) is 0.368. The summed E-state index contributed by atoms with van der Waals surface area (Å²) in [5.74, 6) is 1.34. The van der Waals surface area contributed by atoms with Gasteiger partial charge in [-0.3, -0.25) is 4.79 Å². The van der Waals surface area contributed by atoms with Gasteiger partial charge in [-0.1, -0.05) is 22.0 Å². The number of benzene rings is 1. The molecule has 1 aliphatic rings. The number of nitrogens with one attached hydrogen (secondary N) is 1. The summed E-state index contributed by atoms with van der Waals surface area (Å²) < 4.78 is 1.14. The van der Waals surface area contributed by atoms with Crippen molar-refractivity contribution in [1.29, 1.82) is 0 Å². The van der Waals surface area contributed by atoms with Gasteiger partial charge in [-0.15, -0.1) is 0 Å². The van der Waals surface area contributed by atoms with Crippen molar-refractivity contribution in [3.63, 3.8) is 0 Å². The average molecular weight is 388 g/mol. The van der Waals surface area contributed by atoms with Crippen LogP contribution in [0.15, 0.2) is 28.7 Å². The van der Waals surface area contributed by atoms with E-state index in [2.05, 4.69) is 45.3 Å². The first kappa shape index (κ1) is 17.1. The molecule has 1 heterocycles. The molecule has 1 N–H and O–H groups in total. The summed E-state index contributed by atoms with van der Waals surface area (Å²) in [5, 5.41) is 3.41. The van der Waals surface area contributed by atoms with Crippen molar-refractivity contribution in [2.24, 2.45) is 0 Å². The zero-order valence-corrected chi connectivity index (χ0v) is 15.9. The van der Waals surface area contributed by atoms with E-state index < -0.39 is 0 Å². The van der Waals surface area contributed by atoms with E-state index >= 15 is 0 Å². The Balaban J connectivity index is 1.91. The van der Waals surface area contributed by atoms with Crippen molar-refractivity contribution in [2.75, 3.05) is 19.4 Å². The first-order valence-electron chi connectivity index (χ1n) is 8.15. The van der Waals surface area contributed by atoms with Crippen LogP contribution in [0.1, 0.15) is 45.9 Å². The number of anilines is 2. The van der Waals surface area contributed by atoms with Crippen LogP contribution in [0, 0.1) is 6.92 Å². The third kappa shape index (κ3) is 3.84. The number of aryl methyl sites for hydroxylation is 1. The minimum atomic E-state index is 0.496. The number of rotatable bonds is 6. The highest BCUT2D eigenvalue weighted by molar-refractivity contribution is 9.10. The monoisotopic (exact) mass is 387 g/mol. The summed E-state index contributed by atoms with van der Waals surface area (Å²) in [5.41, 5.74) is 5.02. The van der Waals surface area contributed by atoms with Crippen molar-refractivity contribution in [2.45, 2.75) is 32.2 Å². The Labute approximate surface area is 151 Å². The molecule has 1 aliphatic carbocycles. The minimum Gasteiger partial charge on any atom is -0.340 e. The maximum Gasteiger partial charge on any atom is 0.168 e. The largest absolute Gasteiger partial charge is 0.340 e. The molecule has 5 heteroatoms. The predicted octanol–water partition coefficient (Wildman–Crippen LogP) is 4.65. The molecule has 126 valence electrons. The summed E-state index contributed by atoms with van der Waals surface area (Å²) in [6.45, 7) is 2.78. The molecule has 0 spiro atoms. The molecule has 1 saturated carbocycles. The highest BCUT2D eigenvalue weighted by Gasteiger charge is 2.27. The highest BCUT2D eigenvalue weighted by Crippen LogP contribution is 2.45. The number of hydrogen-bond donors (Lipinski definition) is 1. The van der Waals surface area contributed by atoms with E-state index in [0.717, 1.165) is 22.0 Å². The van der Waals surface area contributed by atoms with Gasteiger partial charge < -0.3 is 10.2 Å². The molecule has 1 aromatic carbocycles. The average Bonchev–Trinajstić information content (AvgIpc) is 3.36. The van der Waals surface area contributed by atoms with E-state index in [4.69, 9.17) is 0 Å². The topological polar surface area (TPSA) is 45.2 Å². The summed E-state index contributed by atoms with van der Waals surface area (Å²) >= 11 is 3.62. The molecule has 1 aromatic heterocycles. The third-order valence-electron chi connectivity index (χ3n) is 4.22. The van der Waals surface area contributed by atoms with Gasteiger partial charge in [-0.2, -0.15) is 0 Å². The zero-order chi connectivity index (χ0) is 17.3. The summed E-state index contributed by atoms with van der Waals surface area (Å²) in [6, 6.07) is 8.27. The van der Waals surface area contributed by atoms with Crippen LogP contribution in [0.2, 0.25) is 0 Å². The van der Waals surface area contributed by atoms with Crippen LogP contribution in [0.4, 0.5) is 11.5 Å². The molecule has 4 nitrogen and oxygen atoms in total. The van der Waals surface area contributed by atoms with E-state index in [-0.39, 0.29) is 0 Å². The fourth-order valence-electron chi connectivity index (χ4n) is 2.83. The van der Waals surface area contributed by atoms with Gasteiger partial charge >= 0.3 is 0 Å². The van der Waals surface area contributed by atoms with Gasteiger partial charge in [-0.05, 0) is 74.7 Å². The lowest BCUT2D eigenvalue weighted by atomic mass is 10.1. The molecular formula is C19H22BrN3O. The van der Waals surface area contributed by atoms with Gasteiger partial charge in [0.25, 0.3) is 0 Å². The van der Waals surface area contributed by atoms with E-state index in [0.29, 0.717) is 24.0 Å². The van der Waals surface area contributed by atoms with Crippen LogP contribution in [0.5, 0.6) is 0 Å². The van der Waals surface area contributed by atoms with E-state index in [9.17, 15) is 4.79 Å². The SMILES string of the molecule is Cc1cc(Nc2ccc(CN(C)C)c(C=O)n2)c(C2CC2)cc1Br. The van der Waals surface area contributed by atoms with Crippen LogP contribution in [0.25, 0.3) is 0 Å². The normalized spacial score (nSPS) is 14.0. The van der Waals surface area contributed by atoms with Gasteiger partial charge in [0, 0.05) is 16.7 Å². The molecule has 2 aromatic rings. The maximum absolute atomic E-state index is 11.4. The van der Waals surface area contributed by atoms with Gasteiger partial charge in [0.15, 0.2) is 6.29 Å². The number of pyridine rings is 1. The molecule has 0 bridgehead atoms. The first-order valence-corrected chi connectivity index (χ1v) is 8.94. The second-order valence-corrected chi connectivity index (χ2v) is 7.54. The van der Waals surface area contributed by atoms with Gasteiger partial charge in [-0.25, -0.2) is 4.98 Å². The van der Waals surface area contributed by atoms with E-state index in [1.807, 2.05) is 31.1 Å². The van der Waals surface area contributed by atoms with Gasteiger partial charge in [0.05, 0.1) is 0 Å². The van der Waals surface area contributed by atoms with Gasteiger partial charge in [0.2, 0.25) is 0 Å². The van der Waals surface area contributed by atoms with Crippen molar-refractivity contribution >= 4 is 33.7 Å². The molecule has 0 atom stereocenters. The molecular weight excluding hydrogens is 366 g/mol. The van der Waals surface area contributed by atoms with Crippen molar-refractivity contribution < 1.29 is 4.79 Å². The molecule has 0 amide bonds. The molecule has 0 radical (unpaired) electrons. The van der Waals surface area contributed by atoms with Crippen molar-refractivity contribution in [3.05, 3.63) is 51.1 Å². The molecule has 24 heavy (non-hydrogen) atoms. The first-order chi connectivity index (χ1) is 11.5. The smallest absolute Gasteiger partial charge is 0.168 e. The molecule has 1 fully saturated rings. The number of halogens is 1. The Morgan fingerprint density at radius 2 is 2.08 bits per heavy atom. The fourth-order valence-corrected chi connectivity index (χ4v) is 3.19. The Hall–Kier alpha value is -1.72. The molecule has 3 rings (SSSR count). The number of carbonyl (C=O) groups excluding carboxylic acids is 1. The lowest BCUT2D eigenvalue weighted by molar-refractivity contribution is 0.111. The summed E-state index contributed by atoms with van der Waals surface area (Å²) in [4.78, 5) is 17.9. The number of aromatic nitrogens is 1. The van der Waals surface area contributed by atoms with Crippen LogP contribution in [-0.2, 0) is 6.54 Å². The lowest BCUT2D eigenvalue weighted by Gasteiger charge is -2.15. The summed E-state index contributed by atoms with van der Waals surface area (Å²) in [7, 11) is 3.96. The van der Waals surface area contributed by atoms with E-state index in [1.54, 1.807) is 0 Å². The Morgan fingerprint density at radius 3 is 2.71 bits per heavy atom. The van der Waals surface area contributed by atoms with Crippen molar-refractivity contribution in [3.8, 4) is 0 Å². The zero-order valence-electron chi connectivity index (χ0n) is 14.3. The molecule has 0 unspecified atom stereocenters. The molecule has 0 aliphatic heterocycles. The number of aldehydes is 1. The number of carbonyl (C=O) groups is 1. The second kappa shape index (κ2) is 7.03. The highest BCUT2D eigenvalue weighted by atomic mass is 79.9. The lowest BCUT2D eigenvalue weighted by Crippen LogP contribution is -2.13. The quantitative estimate of drug-likeness (QED) is 0.732. The minimum absolute atomic E-state index is 0.496. The van der Waals surface area contributed by atoms with E-state index in [1.165, 1.54) is 24.0 Å². The Kier molecular flexibility index (Phi) is 5.01. The summed E-state index contributed by atoms with van der Waals surface area (Å²) in [6.07, 6.45) is 3.30. The van der Waals surface area contributed by atoms with Crippen LogP contribution in [-0.4, -0.2) is 30.3 Å². The molecule has 0 saturated heterocycles. The Morgan fingerprint density at radius 1 is 1.33 bits per heavy atom.